The lowest BCUT2D eigenvalue weighted by atomic mass is 10.2. The number of anilines is 1. The smallest absolute Gasteiger partial charge is 0.313 e. The van der Waals surface area contributed by atoms with E-state index in [-0.39, 0.29) is 0 Å². The maximum atomic E-state index is 11.4. The molecule has 6 heteroatoms. The molecule has 1 aromatic carbocycles. The Kier molecular flexibility index (Phi) is 3.84. The van der Waals surface area contributed by atoms with Crippen LogP contribution in [0, 0.1) is 13.8 Å². The normalized spacial score (nSPS) is 10.3. The van der Waals surface area contributed by atoms with Crippen molar-refractivity contribution in [1.82, 2.24) is 9.78 Å². The molecule has 0 spiro atoms. The number of amides is 2. The van der Waals surface area contributed by atoms with Crippen LogP contribution in [0.4, 0.5) is 5.69 Å². The number of nitrogens with two attached hydrogens (primary N) is 1. The monoisotopic (exact) mass is 272 g/mol. The predicted octanol–water partition coefficient (Wildman–Crippen LogP) is 0.972. The topological polar surface area (TPSA) is 90.0 Å². The van der Waals surface area contributed by atoms with Gasteiger partial charge in [0.15, 0.2) is 0 Å². The number of benzene rings is 1. The maximum Gasteiger partial charge on any atom is 0.313 e. The molecule has 0 unspecified atom stereocenters. The summed E-state index contributed by atoms with van der Waals surface area (Å²) >= 11 is 0. The highest BCUT2D eigenvalue weighted by atomic mass is 16.2. The van der Waals surface area contributed by atoms with Gasteiger partial charge in [-0.1, -0.05) is 30.3 Å². The number of aryl methyl sites for hydroxylation is 1. The van der Waals surface area contributed by atoms with Crippen LogP contribution in [0.5, 0.6) is 0 Å². The van der Waals surface area contributed by atoms with E-state index in [1.165, 1.54) is 0 Å². The number of rotatable bonds is 3. The Balaban J connectivity index is 2.25. The van der Waals surface area contributed by atoms with Gasteiger partial charge in [-0.05, 0) is 19.4 Å². The molecule has 0 aliphatic heterocycles. The third kappa shape index (κ3) is 2.85. The molecule has 0 atom stereocenters. The lowest BCUT2D eigenvalue weighted by Crippen LogP contribution is -2.29. The van der Waals surface area contributed by atoms with E-state index >= 15 is 0 Å². The number of aromatic nitrogens is 2. The number of primary amides is 1. The minimum absolute atomic E-state index is 0.532. The minimum atomic E-state index is -1.01. The average Bonchev–Trinajstić information content (AvgIpc) is 2.67. The first-order valence-electron chi connectivity index (χ1n) is 6.17. The van der Waals surface area contributed by atoms with Gasteiger partial charge in [0.2, 0.25) is 0 Å². The van der Waals surface area contributed by atoms with E-state index < -0.39 is 11.8 Å². The second-order valence-electron chi connectivity index (χ2n) is 4.51. The van der Waals surface area contributed by atoms with Crippen LogP contribution in [0.1, 0.15) is 17.0 Å². The fourth-order valence-electron chi connectivity index (χ4n) is 1.96. The molecule has 2 amide bonds. The molecule has 1 heterocycles. The van der Waals surface area contributed by atoms with Gasteiger partial charge in [-0.3, -0.25) is 14.3 Å². The van der Waals surface area contributed by atoms with Crippen LogP contribution in [-0.4, -0.2) is 21.6 Å². The van der Waals surface area contributed by atoms with Crippen molar-refractivity contribution in [2.45, 2.75) is 20.4 Å². The van der Waals surface area contributed by atoms with Gasteiger partial charge in [0, 0.05) is 0 Å². The summed E-state index contributed by atoms with van der Waals surface area (Å²) in [6.45, 7) is 4.20. The molecule has 0 radical (unpaired) electrons. The number of nitrogens with zero attached hydrogens (tertiary/aromatic N) is 2. The van der Waals surface area contributed by atoms with Gasteiger partial charge in [-0.25, -0.2) is 0 Å². The van der Waals surface area contributed by atoms with Crippen molar-refractivity contribution < 1.29 is 9.59 Å². The molecule has 0 aliphatic carbocycles. The van der Waals surface area contributed by atoms with Crippen LogP contribution in [0.15, 0.2) is 30.3 Å². The average molecular weight is 272 g/mol. The predicted molar refractivity (Wildman–Crippen MR) is 75.1 cm³/mol. The molecule has 0 fully saturated rings. The highest BCUT2D eigenvalue weighted by Crippen LogP contribution is 2.20. The van der Waals surface area contributed by atoms with Gasteiger partial charge >= 0.3 is 11.8 Å². The third-order valence-electron chi connectivity index (χ3n) is 3.02. The van der Waals surface area contributed by atoms with Crippen LogP contribution < -0.4 is 11.1 Å². The lowest BCUT2D eigenvalue weighted by Gasteiger charge is -2.06. The number of carbonyl (C=O) groups excluding carboxylic acids is 2. The van der Waals surface area contributed by atoms with Gasteiger partial charge in [-0.2, -0.15) is 5.10 Å². The third-order valence-corrected chi connectivity index (χ3v) is 3.02. The van der Waals surface area contributed by atoms with Crippen molar-refractivity contribution in [3.8, 4) is 0 Å². The largest absolute Gasteiger partial charge is 0.361 e. The lowest BCUT2D eigenvalue weighted by molar-refractivity contribution is -0.134. The van der Waals surface area contributed by atoms with Crippen molar-refractivity contribution in [1.29, 1.82) is 0 Å². The van der Waals surface area contributed by atoms with E-state index in [9.17, 15) is 9.59 Å². The first-order chi connectivity index (χ1) is 9.49. The van der Waals surface area contributed by atoms with Crippen LogP contribution in [0.2, 0.25) is 0 Å². The highest BCUT2D eigenvalue weighted by molar-refractivity contribution is 6.39. The molecule has 6 nitrogen and oxygen atoms in total. The molecule has 0 bridgehead atoms. The van der Waals surface area contributed by atoms with E-state index in [4.69, 9.17) is 5.73 Å². The first kappa shape index (κ1) is 13.8. The van der Waals surface area contributed by atoms with Gasteiger partial charge in [-0.15, -0.1) is 0 Å². The number of hydrogen-bond donors (Lipinski definition) is 2. The van der Waals surface area contributed by atoms with Crippen LogP contribution in [-0.2, 0) is 16.1 Å². The molecule has 2 rings (SSSR count). The van der Waals surface area contributed by atoms with Crippen molar-refractivity contribution in [3.63, 3.8) is 0 Å². The highest BCUT2D eigenvalue weighted by Gasteiger charge is 2.16. The van der Waals surface area contributed by atoms with E-state index in [1.807, 2.05) is 37.3 Å². The van der Waals surface area contributed by atoms with Gasteiger partial charge in [0.05, 0.1) is 23.6 Å². The summed E-state index contributed by atoms with van der Waals surface area (Å²) < 4.78 is 1.78. The van der Waals surface area contributed by atoms with Crippen molar-refractivity contribution >= 4 is 17.5 Å². The summed E-state index contributed by atoms with van der Waals surface area (Å²) in [6.07, 6.45) is 0. The van der Waals surface area contributed by atoms with E-state index in [2.05, 4.69) is 10.4 Å². The molecule has 0 saturated heterocycles. The molecule has 0 aliphatic rings. The summed E-state index contributed by atoms with van der Waals surface area (Å²) in [5.41, 5.74) is 8.00. The summed E-state index contributed by atoms with van der Waals surface area (Å²) in [5.74, 6) is -1.85. The van der Waals surface area contributed by atoms with E-state index in [0.717, 1.165) is 11.3 Å². The molecule has 3 N–H and O–H groups in total. The fraction of sp³-hybridized carbons (Fsp3) is 0.214. The minimum Gasteiger partial charge on any atom is -0.361 e. The summed E-state index contributed by atoms with van der Waals surface area (Å²) in [4.78, 5) is 22.2. The Hall–Kier alpha value is -2.63. The van der Waals surface area contributed by atoms with E-state index in [0.29, 0.717) is 17.9 Å². The fourth-order valence-corrected chi connectivity index (χ4v) is 1.96. The maximum absolute atomic E-state index is 11.4. The van der Waals surface area contributed by atoms with Crippen LogP contribution in [0.3, 0.4) is 0 Å². The van der Waals surface area contributed by atoms with Crippen molar-refractivity contribution in [2.75, 3.05) is 5.32 Å². The van der Waals surface area contributed by atoms with Gasteiger partial charge in [0.1, 0.15) is 0 Å². The molecule has 20 heavy (non-hydrogen) atoms. The molecule has 2 aromatic rings. The Morgan fingerprint density at radius 3 is 2.50 bits per heavy atom. The summed E-state index contributed by atoms with van der Waals surface area (Å²) in [7, 11) is 0. The molecular formula is C14H16N4O2. The summed E-state index contributed by atoms with van der Waals surface area (Å²) in [5, 5.41) is 6.85. The van der Waals surface area contributed by atoms with Crippen molar-refractivity contribution in [3.05, 3.63) is 47.3 Å². The quantitative estimate of drug-likeness (QED) is 0.816. The molecule has 1 aromatic heterocycles. The number of nitrogens with one attached hydrogen (secondary N) is 1. The Labute approximate surface area is 116 Å². The SMILES string of the molecule is Cc1nn(Cc2ccccc2)c(C)c1NC(=O)C(N)=O. The standard InChI is InChI=1S/C14H16N4O2/c1-9-12(16-14(20)13(15)19)10(2)18(17-9)8-11-6-4-3-5-7-11/h3-7H,8H2,1-2H3,(H2,15,19)(H,16,20). The van der Waals surface area contributed by atoms with Crippen LogP contribution in [0.25, 0.3) is 0 Å². The van der Waals surface area contributed by atoms with Gasteiger partial charge < -0.3 is 11.1 Å². The molecular weight excluding hydrogens is 256 g/mol. The Bertz CT molecular complexity index is 647. The zero-order chi connectivity index (χ0) is 14.7. The zero-order valence-electron chi connectivity index (χ0n) is 11.4. The Morgan fingerprint density at radius 1 is 1.25 bits per heavy atom. The van der Waals surface area contributed by atoms with Crippen LogP contribution >= 0.6 is 0 Å². The number of carbonyl (C=O) groups is 2. The van der Waals surface area contributed by atoms with Crippen molar-refractivity contribution in [2.24, 2.45) is 5.73 Å². The molecule has 0 saturated carbocycles. The number of hydrogen-bond acceptors (Lipinski definition) is 3. The van der Waals surface area contributed by atoms with E-state index in [1.54, 1.807) is 11.6 Å². The first-order valence-corrected chi connectivity index (χ1v) is 6.17. The summed E-state index contributed by atoms with van der Waals surface area (Å²) in [6, 6.07) is 9.85. The Morgan fingerprint density at radius 2 is 1.90 bits per heavy atom. The molecule has 104 valence electrons. The van der Waals surface area contributed by atoms with Gasteiger partial charge in [0.25, 0.3) is 0 Å². The second kappa shape index (κ2) is 5.56. The zero-order valence-corrected chi connectivity index (χ0v) is 11.4. The second-order valence-corrected chi connectivity index (χ2v) is 4.51.